The predicted octanol–water partition coefficient (Wildman–Crippen LogP) is 5.40. The fraction of sp³-hybridized carbons (Fsp3) is 0.312. The monoisotopic (exact) mass is 678 g/mol. The predicted molar refractivity (Wildman–Crippen MR) is 171 cm³/mol. The molecule has 9 nitrogen and oxygen atoms in total. The number of hydrogen-bond donors (Lipinski definition) is 0. The molecule has 0 radical (unpaired) electrons. The van der Waals surface area contributed by atoms with Crippen molar-refractivity contribution >= 4 is 54.8 Å². The molecule has 14 heteroatoms. The first-order chi connectivity index (χ1) is 21.6. The number of sulfonamides is 2. The number of halogens is 3. The first-order valence-corrected chi connectivity index (χ1v) is 17.5. The summed E-state index contributed by atoms with van der Waals surface area (Å²) in [5.41, 5.74) is -1.01. The second-order valence-corrected chi connectivity index (χ2v) is 15.0. The Labute approximate surface area is 267 Å². The Morgan fingerprint density at radius 2 is 1.67 bits per heavy atom. The summed E-state index contributed by atoms with van der Waals surface area (Å²) in [5.74, 6) is -1.22. The van der Waals surface area contributed by atoms with Gasteiger partial charge in [0.25, 0.3) is 0 Å². The number of aromatic nitrogens is 1. The highest BCUT2D eigenvalue weighted by atomic mass is 32.3. The van der Waals surface area contributed by atoms with Gasteiger partial charge in [0.1, 0.15) is 0 Å². The van der Waals surface area contributed by atoms with Crippen molar-refractivity contribution in [2.75, 3.05) is 30.9 Å². The largest absolute Gasteiger partial charge is 0.512 e. The first kappa shape index (κ1) is 34.9. The summed E-state index contributed by atoms with van der Waals surface area (Å²) >= 11 is 0. The summed E-state index contributed by atoms with van der Waals surface area (Å²) in [5, 5.41) is 1.02. The van der Waals surface area contributed by atoms with Crippen molar-refractivity contribution in [3.8, 4) is 0 Å². The van der Waals surface area contributed by atoms with E-state index in [1.54, 1.807) is 6.92 Å². The van der Waals surface area contributed by atoms with Gasteiger partial charge in [0, 0.05) is 60.6 Å². The molecule has 0 unspecified atom stereocenters. The van der Waals surface area contributed by atoms with E-state index in [0.29, 0.717) is 32.1 Å². The van der Waals surface area contributed by atoms with Crippen LogP contribution in [-0.2, 0) is 36.1 Å². The number of para-hydroxylation sites is 2. The Morgan fingerprint density at radius 1 is 0.978 bits per heavy atom. The Balaban J connectivity index is 1.59. The number of pyridine rings is 1. The number of hydrogen-bond acceptors (Lipinski definition) is 7. The van der Waals surface area contributed by atoms with Crippen LogP contribution in [0.1, 0.15) is 37.4 Å². The van der Waals surface area contributed by atoms with Crippen LogP contribution in [0.5, 0.6) is 0 Å². The standard InChI is InChI=1S/C32H35F3N3O6S2/c1-24(2)31(39)44-21-10-20-38-28(18-16-26-12-5-7-14-30(26)38)23-27-17-15-25-11-4-6-13-29(25)37(27)19-8-9-22-45(40,41)36(3)46(42,43)32(33,34)35/h4-7,11-18,23H,1,8-10,19-22H2,2-3H3/q+1. The van der Waals surface area contributed by atoms with E-state index in [2.05, 4.69) is 11.1 Å². The van der Waals surface area contributed by atoms with Crippen LogP contribution in [0.2, 0.25) is 0 Å². The van der Waals surface area contributed by atoms with Gasteiger partial charge < -0.3 is 9.64 Å². The third kappa shape index (κ3) is 7.85. The van der Waals surface area contributed by atoms with Gasteiger partial charge in [-0.15, -0.1) is 0 Å². The van der Waals surface area contributed by atoms with Crippen LogP contribution in [0.25, 0.3) is 23.1 Å². The zero-order valence-electron chi connectivity index (χ0n) is 25.4. The maximum absolute atomic E-state index is 12.9. The smallest absolute Gasteiger partial charge is 0.462 e. The van der Waals surface area contributed by atoms with Crippen LogP contribution in [0.3, 0.4) is 0 Å². The Morgan fingerprint density at radius 3 is 2.39 bits per heavy atom. The zero-order valence-corrected chi connectivity index (χ0v) is 27.0. The molecule has 2 heterocycles. The molecule has 246 valence electrons. The number of ether oxygens (including phenoxy) is 1. The number of alkyl halides is 3. The molecular weight excluding hydrogens is 643 g/mol. The normalized spacial score (nSPS) is 14.6. The van der Waals surface area contributed by atoms with Crippen molar-refractivity contribution in [1.29, 1.82) is 0 Å². The van der Waals surface area contributed by atoms with Crippen molar-refractivity contribution in [3.63, 3.8) is 0 Å². The summed E-state index contributed by atoms with van der Waals surface area (Å²) in [7, 11) is -10.4. The van der Waals surface area contributed by atoms with E-state index in [-0.39, 0.29) is 19.4 Å². The van der Waals surface area contributed by atoms with E-state index in [1.165, 1.54) is 0 Å². The van der Waals surface area contributed by atoms with Gasteiger partial charge in [0.15, 0.2) is 6.54 Å². The number of carbonyl (C=O) groups is 1. The van der Waals surface area contributed by atoms with Crippen molar-refractivity contribution in [1.82, 2.24) is 3.71 Å². The van der Waals surface area contributed by atoms with Gasteiger partial charge in [-0.05, 0) is 49.6 Å². The lowest BCUT2D eigenvalue weighted by Gasteiger charge is -2.30. The quantitative estimate of drug-likeness (QED) is 0.103. The molecule has 1 aliphatic heterocycles. The average Bonchev–Trinajstić information content (AvgIpc) is 3.01. The SMILES string of the molecule is C=C(C)C(=O)OCCC[n+]1c(/C=C2\C=Cc3ccccc3N2CCCCS(=O)(=O)N(C)S(=O)(=O)C(F)(F)F)ccc2ccccc21. The van der Waals surface area contributed by atoms with Crippen molar-refractivity contribution in [2.45, 2.75) is 38.2 Å². The molecule has 0 aliphatic carbocycles. The van der Waals surface area contributed by atoms with Gasteiger partial charge in [-0.3, -0.25) is 0 Å². The molecular formula is C32H35F3N3O6S2+. The van der Waals surface area contributed by atoms with Gasteiger partial charge in [-0.25, -0.2) is 21.6 Å². The van der Waals surface area contributed by atoms with Crippen molar-refractivity contribution in [3.05, 3.63) is 95.8 Å². The summed E-state index contributed by atoms with van der Waals surface area (Å²) in [4.78, 5) is 13.8. The molecule has 0 N–H and O–H groups in total. The summed E-state index contributed by atoms with van der Waals surface area (Å²) in [6.45, 7) is 6.25. The minimum atomic E-state index is -6.03. The first-order valence-electron chi connectivity index (χ1n) is 14.4. The third-order valence-corrected chi connectivity index (χ3v) is 11.5. The number of allylic oxidation sites excluding steroid dienone is 1. The van der Waals surface area contributed by atoms with E-state index >= 15 is 0 Å². The highest BCUT2D eigenvalue weighted by Crippen LogP contribution is 2.32. The molecule has 1 aliphatic rings. The molecule has 0 saturated carbocycles. The van der Waals surface area contributed by atoms with Gasteiger partial charge in [0.2, 0.25) is 21.2 Å². The van der Waals surface area contributed by atoms with E-state index < -0.39 is 41.0 Å². The van der Waals surface area contributed by atoms with Gasteiger partial charge in [-0.2, -0.15) is 17.7 Å². The van der Waals surface area contributed by atoms with Crippen LogP contribution in [0.15, 0.2) is 84.6 Å². The molecule has 2 aromatic carbocycles. The molecule has 4 rings (SSSR count). The molecule has 3 aromatic rings. The molecule has 0 spiro atoms. The Bertz CT molecular complexity index is 1910. The Kier molecular flexibility index (Phi) is 10.7. The van der Waals surface area contributed by atoms with Crippen LogP contribution in [-0.4, -0.2) is 58.0 Å². The summed E-state index contributed by atoms with van der Waals surface area (Å²) < 4.78 is 93.9. The minimum absolute atomic E-state index is 0.0748. The molecule has 0 atom stereocenters. The van der Waals surface area contributed by atoms with Crippen molar-refractivity contribution < 1.29 is 44.1 Å². The maximum Gasteiger partial charge on any atom is 0.512 e. The number of carbonyl (C=O) groups excluding carboxylic acids is 1. The molecule has 0 saturated heterocycles. The van der Waals surface area contributed by atoms with E-state index in [1.807, 2.05) is 83.8 Å². The maximum atomic E-state index is 12.9. The lowest BCUT2D eigenvalue weighted by atomic mass is 10.0. The fourth-order valence-corrected chi connectivity index (χ4v) is 7.74. The number of aryl methyl sites for hydroxylation is 1. The second kappa shape index (κ2) is 14.2. The lowest BCUT2D eigenvalue weighted by molar-refractivity contribution is -0.673. The number of anilines is 1. The number of nitrogens with zero attached hydrogens (tertiary/aromatic N) is 3. The molecule has 0 fully saturated rings. The van der Waals surface area contributed by atoms with Gasteiger partial charge >= 0.3 is 21.5 Å². The summed E-state index contributed by atoms with van der Waals surface area (Å²) in [6.07, 6.45) is 6.58. The van der Waals surface area contributed by atoms with Crippen LogP contribution in [0, 0.1) is 0 Å². The van der Waals surface area contributed by atoms with Crippen LogP contribution in [0.4, 0.5) is 18.9 Å². The number of unbranched alkanes of at least 4 members (excludes halogenated alkanes) is 1. The minimum Gasteiger partial charge on any atom is -0.462 e. The second-order valence-electron chi connectivity index (χ2n) is 10.7. The lowest BCUT2D eigenvalue weighted by Crippen LogP contribution is -2.42. The van der Waals surface area contributed by atoms with Gasteiger partial charge in [-0.1, -0.05) is 46.7 Å². The molecule has 0 amide bonds. The van der Waals surface area contributed by atoms with Gasteiger partial charge in [0.05, 0.1) is 12.4 Å². The van der Waals surface area contributed by atoms with E-state index in [0.717, 1.165) is 33.5 Å². The topological polar surface area (TPSA) is 105 Å². The highest BCUT2D eigenvalue weighted by molar-refractivity contribution is 8.04. The number of esters is 1. The van der Waals surface area contributed by atoms with Crippen LogP contribution >= 0.6 is 0 Å². The average molecular weight is 679 g/mol. The van der Waals surface area contributed by atoms with E-state index in [9.17, 15) is 34.8 Å². The number of rotatable bonds is 13. The van der Waals surface area contributed by atoms with Crippen molar-refractivity contribution in [2.24, 2.45) is 0 Å². The highest BCUT2D eigenvalue weighted by Gasteiger charge is 2.52. The number of benzene rings is 2. The number of fused-ring (bicyclic) bond motifs is 2. The summed E-state index contributed by atoms with van der Waals surface area (Å²) in [6, 6.07) is 19.5. The zero-order chi connectivity index (χ0) is 33.7. The third-order valence-electron chi connectivity index (χ3n) is 7.41. The van der Waals surface area contributed by atoms with Crippen LogP contribution < -0.4 is 9.47 Å². The molecule has 46 heavy (non-hydrogen) atoms. The fourth-order valence-electron chi connectivity index (χ4n) is 4.95. The molecule has 0 bridgehead atoms. The molecule has 1 aromatic heterocycles. The van der Waals surface area contributed by atoms with E-state index in [4.69, 9.17) is 4.74 Å². The Hall–Kier alpha value is -4.01.